The lowest BCUT2D eigenvalue weighted by molar-refractivity contribution is -0.314. The Hall–Kier alpha value is 1.25. The van der Waals surface area contributed by atoms with Crippen molar-refractivity contribution in [3.05, 3.63) is 0 Å². The molecule has 0 spiro atoms. The lowest BCUT2D eigenvalue weighted by Crippen LogP contribution is -2.54. The van der Waals surface area contributed by atoms with Crippen molar-refractivity contribution >= 4 is 80.0 Å². The summed E-state index contributed by atoms with van der Waals surface area (Å²) >= 11 is 7.05. The molecule has 0 amide bonds. The first-order valence-corrected chi connectivity index (χ1v) is 9.26. The van der Waals surface area contributed by atoms with Gasteiger partial charge in [-0.1, -0.05) is 67.8 Å². The van der Waals surface area contributed by atoms with Gasteiger partial charge in [-0.3, -0.25) is 4.79 Å². The third kappa shape index (κ3) is 5.80. The molecule has 0 bridgehead atoms. The highest BCUT2D eigenvalue weighted by molar-refractivity contribution is 14.3. The Labute approximate surface area is 159 Å². The molecule has 0 aromatic heterocycles. The zero-order chi connectivity index (χ0) is 15.7. The molecule has 0 aliphatic carbocycles. The van der Waals surface area contributed by atoms with E-state index in [0.29, 0.717) is 5.72 Å². The van der Waals surface area contributed by atoms with Crippen molar-refractivity contribution in [3.8, 4) is 0 Å². The molecule has 0 radical (unpaired) electrons. The first-order chi connectivity index (χ1) is 8.94. The normalized spacial score (nSPS) is 35.5. The van der Waals surface area contributed by atoms with Gasteiger partial charge in [-0.15, -0.1) is 0 Å². The summed E-state index contributed by atoms with van der Waals surface area (Å²) in [7, 11) is 0. The van der Waals surface area contributed by atoms with Crippen LogP contribution in [0.15, 0.2) is 0 Å². The Balaban J connectivity index is 0.000000347. The zero-order valence-electron chi connectivity index (χ0n) is 11.6. The molecule has 20 heavy (non-hydrogen) atoms. The van der Waals surface area contributed by atoms with E-state index in [-0.39, 0.29) is 11.9 Å². The number of hydrogen-bond acceptors (Lipinski definition) is 5. The maximum Gasteiger partial charge on any atom is 0.311 e. The van der Waals surface area contributed by atoms with Crippen molar-refractivity contribution in [3.63, 3.8) is 0 Å². The van der Waals surface area contributed by atoms with E-state index >= 15 is 0 Å². The van der Waals surface area contributed by atoms with Crippen molar-refractivity contribution in [1.29, 1.82) is 0 Å². The van der Waals surface area contributed by atoms with Gasteiger partial charge < -0.3 is 19.0 Å². The third-order valence-electron chi connectivity index (χ3n) is 2.74. The number of fused-ring (bicyclic) bond motifs is 1. The van der Waals surface area contributed by atoms with Crippen LogP contribution in [0.1, 0.15) is 27.7 Å². The molecule has 2 aliphatic heterocycles. The van der Waals surface area contributed by atoms with Crippen LogP contribution < -0.4 is 0 Å². The average molecular weight is 622 g/mol. The smallest absolute Gasteiger partial charge is 0.311 e. The highest BCUT2D eigenvalue weighted by Crippen LogP contribution is 2.36. The van der Waals surface area contributed by atoms with Crippen LogP contribution in [0.5, 0.6) is 0 Å². The third-order valence-corrected chi connectivity index (χ3v) is 2.74. The summed E-state index contributed by atoms with van der Waals surface area (Å²) in [6.07, 6.45) is -1.06. The van der Waals surface area contributed by atoms with Gasteiger partial charge in [0.1, 0.15) is 5.54 Å². The second-order valence-electron chi connectivity index (χ2n) is 5.17. The van der Waals surface area contributed by atoms with Crippen molar-refractivity contribution < 1.29 is 23.8 Å². The number of carbonyl (C=O) groups is 2. The maximum atomic E-state index is 11.3. The predicted octanol–water partition coefficient (Wildman–Crippen LogP) is 3.23. The van der Waals surface area contributed by atoms with Gasteiger partial charge in [0.05, 0.1) is 5.92 Å². The summed E-state index contributed by atoms with van der Waals surface area (Å²) in [5.74, 6) is -1.53. The first-order valence-electron chi connectivity index (χ1n) is 6.03. The fourth-order valence-electron chi connectivity index (χ4n) is 2.01. The molecule has 8 heteroatoms. The highest BCUT2D eigenvalue weighted by atomic mass is 127. The second-order valence-corrected chi connectivity index (χ2v) is 17.8. The minimum atomic E-state index is -0.852. The fraction of sp³-hybridized carbons (Fsp3) is 0.833. The number of esters is 1. The molecule has 0 aromatic rings. The summed E-state index contributed by atoms with van der Waals surface area (Å²) in [5, 5.41) is 0. The largest absolute Gasteiger partial charge is 0.456 e. The van der Waals surface area contributed by atoms with Crippen LogP contribution in [-0.4, -0.2) is 35.8 Å². The molecule has 2 fully saturated rings. The lowest BCUT2D eigenvalue weighted by Gasteiger charge is -2.40. The molecule has 2 rings (SSSR count). The number of aldehydes is 1. The van der Waals surface area contributed by atoms with Crippen LogP contribution in [0.25, 0.3) is 0 Å². The SMILES string of the molecule is CC(I)(I)I.CC1C(=O)OC2C(C=O)OC(C)(C)OC12. The van der Waals surface area contributed by atoms with Crippen molar-refractivity contribution in [2.24, 2.45) is 5.92 Å². The molecule has 2 aliphatic rings. The quantitative estimate of drug-likeness (QED) is 0.195. The Kier molecular flexibility index (Phi) is 6.96. The van der Waals surface area contributed by atoms with Gasteiger partial charge in [-0.25, -0.2) is 0 Å². The van der Waals surface area contributed by atoms with Gasteiger partial charge in [0, 0.05) is 0 Å². The lowest BCUT2D eigenvalue weighted by atomic mass is 9.98. The van der Waals surface area contributed by atoms with Gasteiger partial charge in [-0.05, 0) is 27.7 Å². The molecule has 4 atom stereocenters. The Bertz CT molecular complexity index is 374. The molecular weight excluding hydrogens is 605 g/mol. The minimum absolute atomic E-state index is 0.335. The van der Waals surface area contributed by atoms with Gasteiger partial charge in [0.15, 0.2) is 24.3 Å². The van der Waals surface area contributed by atoms with Gasteiger partial charge in [0.2, 0.25) is 0 Å². The summed E-state index contributed by atoms with van der Waals surface area (Å²) in [6, 6.07) is 0. The number of rotatable bonds is 1. The van der Waals surface area contributed by atoms with E-state index in [2.05, 4.69) is 74.7 Å². The number of hydrogen-bond donors (Lipinski definition) is 0. The van der Waals surface area contributed by atoms with Crippen LogP contribution in [0.2, 0.25) is 0 Å². The van der Waals surface area contributed by atoms with Crippen LogP contribution in [0.3, 0.4) is 0 Å². The Morgan fingerprint density at radius 2 is 1.70 bits per heavy atom. The fourth-order valence-corrected chi connectivity index (χ4v) is 2.01. The number of alkyl halides is 3. The van der Waals surface area contributed by atoms with E-state index in [1.165, 1.54) is 0 Å². The molecule has 116 valence electrons. The van der Waals surface area contributed by atoms with E-state index in [1.54, 1.807) is 20.8 Å². The summed E-state index contributed by atoms with van der Waals surface area (Å²) in [4.78, 5) is 22.2. The molecule has 0 aromatic carbocycles. The van der Waals surface area contributed by atoms with Gasteiger partial charge in [0.25, 0.3) is 0 Å². The molecule has 5 nitrogen and oxygen atoms in total. The van der Waals surface area contributed by atoms with E-state index in [4.69, 9.17) is 14.2 Å². The molecule has 0 N–H and O–H groups in total. The molecule has 2 heterocycles. The molecule has 0 saturated carbocycles. The molecular formula is C12H17I3O5. The van der Waals surface area contributed by atoms with E-state index in [1.807, 2.05) is 0 Å². The van der Waals surface area contributed by atoms with Crippen molar-refractivity contribution in [2.45, 2.75) is 51.2 Å². The van der Waals surface area contributed by atoms with Crippen molar-refractivity contribution in [1.82, 2.24) is 0 Å². The second kappa shape index (κ2) is 7.21. The number of carbonyl (C=O) groups excluding carboxylic acids is 2. The molecule has 4 unspecified atom stereocenters. The summed E-state index contributed by atoms with van der Waals surface area (Å²) < 4.78 is 16.4. The Morgan fingerprint density at radius 1 is 1.20 bits per heavy atom. The van der Waals surface area contributed by atoms with E-state index in [0.717, 1.165) is 0 Å². The monoisotopic (exact) mass is 622 g/mol. The standard InChI is InChI=1S/C10H14O5.C2H3I3/c1-5-7-8(13-9(5)12)6(4-11)14-10(2,3)15-7;1-2(3,4)5/h4-8H,1-3H3;1H3. The van der Waals surface area contributed by atoms with Gasteiger partial charge >= 0.3 is 5.97 Å². The van der Waals surface area contributed by atoms with Crippen LogP contribution >= 0.6 is 67.8 Å². The minimum Gasteiger partial charge on any atom is -0.456 e. The average Bonchev–Trinajstić information content (AvgIpc) is 2.52. The predicted molar refractivity (Wildman–Crippen MR) is 99.4 cm³/mol. The first kappa shape index (κ1) is 19.3. The molecule has 2 saturated heterocycles. The van der Waals surface area contributed by atoms with Crippen LogP contribution in [0.4, 0.5) is 0 Å². The van der Waals surface area contributed by atoms with Crippen LogP contribution in [0, 0.1) is 5.92 Å². The number of halogens is 3. The van der Waals surface area contributed by atoms with E-state index in [9.17, 15) is 9.59 Å². The summed E-state index contributed by atoms with van der Waals surface area (Å²) in [6.45, 7) is 7.31. The van der Waals surface area contributed by atoms with Crippen molar-refractivity contribution in [2.75, 3.05) is 0 Å². The highest BCUT2D eigenvalue weighted by Gasteiger charge is 2.53. The Morgan fingerprint density at radius 3 is 2.15 bits per heavy atom. The zero-order valence-corrected chi connectivity index (χ0v) is 18.0. The van der Waals surface area contributed by atoms with Crippen LogP contribution in [-0.2, 0) is 23.8 Å². The topological polar surface area (TPSA) is 61.8 Å². The van der Waals surface area contributed by atoms with E-state index < -0.39 is 24.1 Å². The maximum absolute atomic E-state index is 11.3. The number of ether oxygens (including phenoxy) is 3. The van der Waals surface area contributed by atoms with Gasteiger partial charge in [-0.2, -0.15) is 0 Å². The summed E-state index contributed by atoms with van der Waals surface area (Å²) in [5.41, 5.74) is 0.